The van der Waals surface area contributed by atoms with Gasteiger partial charge in [-0.05, 0) is 37.0 Å². The van der Waals surface area contributed by atoms with Crippen molar-refractivity contribution in [2.24, 2.45) is 5.92 Å². The van der Waals surface area contributed by atoms with Crippen LogP contribution in [0.2, 0.25) is 0 Å². The first-order valence-corrected chi connectivity index (χ1v) is 7.54. The summed E-state index contributed by atoms with van der Waals surface area (Å²) in [6, 6.07) is 3.32. The topological polar surface area (TPSA) is 83.6 Å². The van der Waals surface area contributed by atoms with Crippen molar-refractivity contribution < 1.29 is 17.9 Å². The van der Waals surface area contributed by atoms with Crippen molar-refractivity contribution in [1.29, 1.82) is 0 Å². The van der Waals surface area contributed by atoms with Crippen molar-refractivity contribution in [3.8, 4) is 0 Å². The molecule has 1 fully saturated rings. The van der Waals surface area contributed by atoms with E-state index in [2.05, 4.69) is 0 Å². The van der Waals surface area contributed by atoms with Crippen molar-refractivity contribution in [3.63, 3.8) is 0 Å². The van der Waals surface area contributed by atoms with E-state index in [1.165, 1.54) is 10.4 Å². The second-order valence-corrected chi connectivity index (χ2v) is 6.69. The lowest BCUT2D eigenvalue weighted by Crippen LogP contribution is -2.29. The number of halogens is 1. The normalized spacial score (nSPS) is 20.8. The molecule has 0 aromatic heterocycles. The molecule has 1 aliphatic rings. The van der Waals surface area contributed by atoms with Gasteiger partial charge in [0.05, 0.1) is 4.90 Å². The number of hydrogen-bond donors (Lipinski definition) is 2. The summed E-state index contributed by atoms with van der Waals surface area (Å²) in [4.78, 5) is -0.116. The molecule has 0 aliphatic carbocycles. The summed E-state index contributed by atoms with van der Waals surface area (Å²) >= 11 is 0. The molecule has 1 aromatic rings. The van der Waals surface area contributed by atoms with Crippen LogP contribution >= 0.6 is 0 Å². The molecule has 7 heteroatoms. The zero-order chi connectivity index (χ0) is 14.0. The molecule has 0 bridgehead atoms. The molecule has 1 aliphatic heterocycles. The third-order valence-electron chi connectivity index (χ3n) is 3.32. The molecule has 1 unspecified atom stereocenters. The van der Waals surface area contributed by atoms with Gasteiger partial charge in [-0.1, -0.05) is 0 Å². The molecular weight excluding hydrogens is 271 g/mol. The highest BCUT2D eigenvalue weighted by Gasteiger charge is 2.32. The maximum Gasteiger partial charge on any atom is 0.243 e. The lowest BCUT2D eigenvalue weighted by atomic mass is 10.1. The zero-order valence-electron chi connectivity index (χ0n) is 10.4. The standard InChI is InChI=1S/C12H17FN2O3S/c13-10-5-11(14)7-12(6-10)19(17,18)15-3-1-9(8-15)2-4-16/h5-7,9,16H,1-4,8,14H2. The zero-order valence-corrected chi connectivity index (χ0v) is 11.2. The highest BCUT2D eigenvalue weighted by molar-refractivity contribution is 7.89. The summed E-state index contributed by atoms with van der Waals surface area (Å²) in [5.74, 6) is -0.504. The number of hydrogen-bond acceptors (Lipinski definition) is 4. The maximum atomic E-state index is 13.2. The van der Waals surface area contributed by atoms with Crippen LogP contribution in [0.15, 0.2) is 23.1 Å². The van der Waals surface area contributed by atoms with Crippen LogP contribution in [-0.2, 0) is 10.0 Å². The van der Waals surface area contributed by atoms with Crippen LogP contribution in [0.5, 0.6) is 0 Å². The van der Waals surface area contributed by atoms with Gasteiger partial charge in [-0.25, -0.2) is 12.8 Å². The SMILES string of the molecule is Nc1cc(F)cc(S(=O)(=O)N2CCC(CCO)C2)c1. The Kier molecular flexibility index (Phi) is 4.07. The Morgan fingerprint density at radius 2 is 2.16 bits per heavy atom. The van der Waals surface area contributed by atoms with E-state index in [4.69, 9.17) is 10.8 Å². The first-order valence-electron chi connectivity index (χ1n) is 6.10. The first kappa shape index (κ1) is 14.2. The van der Waals surface area contributed by atoms with Gasteiger partial charge in [-0.3, -0.25) is 0 Å². The van der Waals surface area contributed by atoms with E-state index in [9.17, 15) is 12.8 Å². The van der Waals surface area contributed by atoms with Crippen LogP contribution in [0.25, 0.3) is 0 Å². The Morgan fingerprint density at radius 1 is 1.42 bits per heavy atom. The molecule has 0 spiro atoms. The second-order valence-electron chi connectivity index (χ2n) is 4.75. The number of nitrogens with zero attached hydrogens (tertiary/aromatic N) is 1. The van der Waals surface area contributed by atoms with Gasteiger partial charge in [0.1, 0.15) is 5.82 Å². The number of anilines is 1. The van der Waals surface area contributed by atoms with Crippen molar-refractivity contribution in [3.05, 3.63) is 24.0 Å². The van der Waals surface area contributed by atoms with Gasteiger partial charge >= 0.3 is 0 Å². The monoisotopic (exact) mass is 288 g/mol. The smallest absolute Gasteiger partial charge is 0.243 e. The molecule has 19 heavy (non-hydrogen) atoms. The highest BCUT2D eigenvalue weighted by Crippen LogP contribution is 2.27. The van der Waals surface area contributed by atoms with Gasteiger partial charge in [0, 0.05) is 25.4 Å². The van der Waals surface area contributed by atoms with Crippen LogP contribution in [-0.4, -0.2) is 37.5 Å². The fraction of sp³-hybridized carbons (Fsp3) is 0.500. The van der Waals surface area contributed by atoms with Crippen molar-refractivity contribution in [1.82, 2.24) is 4.31 Å². The summed E-state index contributed by atoms with van der Waals surface area (Å²) < 4.78 is 39.2. The van der Waals surface area contributed by atoms with E-state index in [1.807, 2.05) is 0 Å². The van der Waals surface area contributed by atoms with Gasteiger partial charge in [0.2, 0.25) is 10.0 Å². The Morgan fingerprint density at radius 3 is 2.79 bits per heavy atom. The van der Waals surface area contributed by atoms with E-state index in [1.54, 1.807) is 0 Å². The molecule has 0 amide bonds. The molecular formula is C12H17FN2O3S. The molecule has 106 valence electrons. The Hall–Kier alpha value is -1.18. The second kappa shape index (κ2) is 5.44. The van der Waals surface area contributed by atoms with Gasteiger partial charge < -0.3 is 10.8 Å². The van der Waals surface area contributed by atoms with E-state index in [-0.39, 0.29) is 23.1 Å². The summed E-state index contributed by atoms with van der Waals surface area (Å²) in [6.45, 7) is 0.800. The van der Waals surface area contributed by atoms with Crippen LogP contribution in [0.1, 0.15) is 12.8 Å². The Labute approximate surface area is 111 Å². The third-order valence-corrected chi connectivity index (χ3v) is 5.16. The average Bonchev–Trinajstić information content (AvgIpc) is 2.77. The third kappa shape index (κ3) is 3.05. The van der Waals surface area contributed by atoms with Gasteiger partial charge in [-0.15, -0.1) is 0 Å². The number of benzene rings is 1. The average molecular weight is 288 g/mol. The number of sulfonamides is 1. The summed E-state index contributed by atoms with van der Waals surface area (Å²) in [5, 5.41) is 8.87. The molecule has 3 N–H and O–H groups in total. The summed E-state index contributed by atoms with van der Waals surface area (Å²) in [7, 11) is -3.70. The molecule has 1 saturated heterocycles. The molecule has 2 rings (SSSR count). The van der Waals surface area contributed by atoms with Crippen LogP contribution < -0.4 is 5.73 Å². The molecule has 0 saturated carbocycles. The van der Waals surface area contributed by atoms with Crippen LogP contribution in [0.3, 0.4) is 0 Å². The highest BCUT2D eigenvalue weighted by atomic mass is 32.2. The van der Waals surface area contributed by atoms with E-state index >= 15 is 0 Å². The molecule has 1 atom stereocenters. The van der Waals surface area contributed by atoms with Crippen LogP contribution in [0.4, 0.5) is 10.1 Å². The van der Waals surface area contributed by atoms with Crippen molar-refractivity contribution in [2.75, 3.05) is 25.4 Å². The Bertz CT molecular complexity index is 542. The van der Waals surface area contributed by atoms with Gasteiger partial charge in [0.15, 0.2) is 0 Å². The minimum Gasteiger partial charge on any atom is -0.399 e. The molecule has 5 nitrogen and oxygen atoms in total. The predicted molar refractivity (Wildman–Crippen MR) is 69.4 cm³/mol. The fourth-order valence-electron chi connectivity index (χ4n) is 2.32. The quantitative estimate of drug-likeness (QED) is 0.803. The van der Waals surface area contributed by atoms with Crippen molar-refractivity contribution >= 4 is 15.7 Å². The predicted octanol–water partition coefficient (Wildman–Crippen LogP) is 0.801. The minimum absolute atomic E-state index is 0.0471. The maximum absolute atomic E-state index is 13.2. The van der Waals surface area contributed by atoms with E-state index in [0.29, 0.717) is 25.9 Å². The minimum atomic E-state index is -3.70. The van der Waals surface area contributed by atoms with E-state index < -0.39 is 15.8 Å². The van der Waals surface area contributed by atoms with E-state index in [0.717, 1.165) is 12.1 Å². The van der Waals surface area contributed by atoms with Gasteiger partial charge in [-0.2, -0.15) is 4.31 Å². The van der Waals surface area contributed by atoms with Gasteiger partial charge in [0.25, 0.3) is 0 Å². The lowest BCUT2D eigenvalue weighted by molar-refractivity contribution is 0.259. The fourth-order valence-corrected chi connectivity index (χ4v) is 3.91. The Balaban J connectivity index is 2.23. The first-order chi connectivity index (χ1) is 8.93. The number of nitrogen functional groups attached to an aromatic ring is 1. The number of nitrogens with two attached hydrogens (primary N) is 1. The summed E-state index contributed by atoms with van der Waals surface area (Å²) in [5.41, 5.74) is 5.56. The number of rotatable bonds is 4. The van der Waals surface area contributed by atoms with Crippen molar-refractivity contribution in [2.45, 2.75) is 17.7 Å². The number of aliphatic hydroxyl groups is 1. The molecule has 0 radical (unpaired) electrons. The molecule has 1 heterocycles. The lowest BCUT2D eigenvalue weighted by Gasteiger charge is -2.17. The molecule has 1 aromatic carbocycles. The summed E-state index contributed by atoms with van der Waals surface area (Å²) in [6.07, 6.45) is 1.29. The largest absolute Gasteiger partial charge is 0.399 e. The van der Waals surface area contributed by atoms with Crippen LogP contribution in [0, 0.1) is 11.7 Å². The number of aliphatic hydroxyl groups excluding tert-OH is 1.